The van der Waals surface area contributed by atoms with E-state index in [1.807, 2.05) is 33.7 Å². The molecular weight excluding hydrogens is 382 g/mol. The van der Waals surface area contributed by atoms with Crippen molar-refractivity contribution in [2.75, 3.05) is 19.6 Å². The van der Waals surface area contributed by atoms with Gasteiger partial charge in [0.05, 0.1) is 11.8 Å². The van der Waals surface area contributed by atoms with Crippen molar-refractivity contribution in [3.05, 3.63) is 30.2 Å². The van der Waals surface area contributed by atoms with E-state index >= 15 is 0 Å². The van der Waals surface area contributed by atoms with Crippen LogP contribution in [0.2, 0.25) is 0 Å². The molecule has 5 rings (SSSR count). The third kappa shape index (κ3) is 3.28. The van der Waals surface area contributed by atoms with Gasteiger partial charge in [0.15, 0.2) is 5.65 Å². The molecule has 0 unspecified atom stereocenters. The molecule has 2 aliphatic heterocycles. The third-order valence-corrected chi connectivity index (χ3v) is 6.96. The maximum atomic E-state index is 12.9. The van der Waals surface area contributed by atoms with E-state index < -0.39 is 0 Å². The number of fused-ring (bicyclic) bond motifs is 2. The number of carbonyl (C=O) groups is 3. The lowest BCUT2D eigenvalue weighted by Gasteiger charge is -2.32. The second-order valence-electron chi connectivity index (χ2n) is 8.74. The molecule has 3 fully saturated rings. The number of likely N-dealkylation sites (tertiary alicyclic amines) is 2. The van der Waals surface area contributed by atoms with E-state index in [0.717, 1.165) is 50.0 Å². The minimum atomic E-state index is -0.151. The standard InChI is InChI=1S/C22H27N5O3/c28-19(10-13-27-21(29)16-7-1-2-8-17(16)22(27)30)25-11-5-6-15(14-25)20-24-23-18-9-3-4-12-26(18)20/h3-4,9,12,15-17H,1-2,5-8,10-11,13-14H2/t15-,16-,17+/m1/s1. The summed E-state index contributed by atoms with van der Waals surface area (Å²) in [6.07, 6.45) is 7.66. The molecule has 4 heterocycles. The molecule has 3 atom stereocenters. The lowest BCUT2D eigenvalue weighted by atomic mass is 9.81. The monoisotopic (exact) mass is 409 g/mol. The highest BCUT2D eigenvalue weighted by atomic mass is 16.2. The van der Waals surface area contributed by atoms with Crippen LogP contribution in [-0.2, 0) is 14.4 Å². The summed E-state index contributed by atoms with van der Waals surface area (Å²) in [5, 5.41) is 8.59. The molecule has 3 aliphatic rings. The second kappa shape index (κ2) is 7.81. The molecule has 0 spiro atoms. The van der Waals surface area contributed by atoms with Crippen molar-refractivity contribution in [3.63, 3.8) is 0 Å². The van der Waals surface area contributed by atoms with Crippen LogP contribution in [0.15, 0.2) is 24.4 Å². The molecule has 8 nitrogen and oxygen atoms in total. The van der Waals surface area contributed by atoms with Gasteiger partial charge in [-0.1, -0.05) is 18.9 Å². The topological polar surface area (TPSA) is 87.9 Å². The van der Waals surface area contributed by atoms with Crippen LogP contribution in [0.4, 0.5) is 0 Å². The predicted octanol–water partition coefficient (Wildman–Crippen LogP) is 2.00. The number of rotatable bonds is 4. The van der Waals surface area contributed by atoms with Crippen LogP contribution < -0.4 is 0 Å². The zero-order chi connectivity index (χ0) is 20.7. The lowest BCUT2D eigenvalue weighted by Crippen LogP contribution is -2.42. The summed E-state index contributed by atoms with van der Waals surface area (Å²) in [5.41, 5.74) is 0.809. The van der Waals surface area contributed by atoms with Crippen molar-refractivity contribution >= 4 is 23.4 Å². The fourth-order valence-corrected chi connectivity index (χ4v) is 5.37. The van der Waals surface area contributed by atoms with Gasteiger partial charge < -0.3 is 4.90 Å². The van der Waals surface area contributed by atoms with Crippen LogP contribution in [0.5, 0.6) is 0 Å². The average molecular weight is 409 g/mol. The van der Waals surface area contributed by atoms with Crippen LogP contribution in [0.25, 0.3) is 5.65 Å². The van der Waals surface area contributed by atoms with Gasteiger partial charge in [-0.2, -0.15) is 0 Å². The van der Waals surface area contributed by atoms with Gasteiger partial charge >= 0.3 is 0 Å². The number of imide groups is 1. The minimum absolute atomic E-state index is 0.00370. The minimum Gasteiger partial charge on any atom is -0.342 e. The molecule has 1 aliphatic carbocycles. The summed E-state index contributed by atoms with van der Waals surface area (Å²) in [4.78, 5) is 41.4. The third-order valence-electron chi connectivity index (χ3n) is 6.96. The molecule has 0 N–H and O–H groups in total. The number of hydrogen-bond acceptors (Lipinski definition) is 5. The molecule has 8 heteroatoms. The summed E-state index contributed by atoms with van der Waals surface area (Å²) in [5.74, 6) is 0.593. The Balaban J connectivity index is 1.22. The van der Waals surface area contributed by atoms with Gasteiger partial charge in [-0.05, 0) is 37.8 Å². The molecule has 1 saturated carbocycles. The van der Waals surface area contributed by atoms with Crippen molar-refractivity contribution in [1.82, 2.24) is 24.4 Å². The Hall–Kier alpha value is -2.77. The first-order valence-electron chi connectivity index (χ1n) is 11.1. The lowest BCUT2D eigenvalue weighted by molar-refractivity contribution is -0.141. The Morgan fingerprint density at radius 1 is 1.00 bits per heavy atom. The van der Waals surface area contributed by atoms with Crippen LogP contribution in [0, 0.1) is 11.8 Å². The Bertz CT molecular complexity index is 962. The number of pyridine rings is 1. The van der Waals surface area contributed by atoms with E-state index in [0.29, 0.717) is 13.1 Å². The number of aromatic nitrogens is 3. The highest BCUT2D eigenvalue weighted by Gasteiger charge is 2.48. The molecular formula is C22H27N5O3. The van der Waals surface area contributed by atoms with Gasteiger partial charge in [0.25, 0.3) is 0 Å². The Kier molecular flexibility index (Phi) is 5.00. The first-order chi connectivity index (χ1) is 14.6. The Labute approximate surface area is 175 Å². The van der Waals surface area contributed by atoms with Crippen LogP contribution >= 0.6 is 0 Å². The Morgan fingerprint density at radius 2 is 1.77 bits per heavy atom. The van der Waals surface area contributed by atoms with E-state index in [-0.39, 0.29) is 48.4 Å². The smallest absolute Gasteiger partial charge is 0.233 e. The number of nitrogens with zero attached hydrogens (tertiary/aromatic N) is 5. The van der Waals surface area contributed by atoms with Crippen LogP contribution in [-0.4, -0.2) is 61.8 Å². The number of amides is 3. The maximum Gasteiger partial charge on any atom is 0.233 e. The van der Waals surface area contributed by atoms with E-state index in [4.69, 9.17) is 0 Å². The van der Waals surface area contributed by atoms with Gasteiger partial charge in [-0.15, -0.1) is 10.2 Å². The molecule has 3 amide bonds. The summed E-state index contributed by atoms with van der Waals surface area (Å²) < 4.78 is 1.99. The van der Waals surface area contributed by atoms with Gasteiger partial charge in [0.2, 0.25) is 17.7 Å². The molecule has 0 radical (unpaired) electrons. The fraction of sp³-hybridized carbons (Fsp3) is 0.591. The van der Waals surface area contributed by atoms with Crippen molar-refractivity contribution in [3.8, 4) is 0 Å². The van der Waals surface area contributed by atoms with Crippen molar-refractivity contribution in [2.45, 2.75) is 50.9 Å². The normalized spacial score (nSPS) is 27.0. The number of hydrogen-bond donors (Lipinski definition) is 0. The first-order valence-corrected chi connectivity index (χ1v) is 11.1. The van der Waals surface area contributed by atoms with Gasteiger partial charge in [-0.3, -0.25) is 23.7 Å². The zero-order valence-corrected chi connectivity index (χ0v) is 17.1. The second-order valence-corrected chi connectivity index (χ2v) is 8.74. The van der Waals surface area contributed by atoms with E-state index in [9.17, 15) is 14.4 Å². The molecule has 0 aromatic carbocycles. The molecule has 2 aromatic rings. The Morgan fingerprint density at radius 3 is 2.53 bits per heavy atom. The van der Waals surface area contributed by atoms with E-state index in [1.54, 1.807) is 0 Å². The molecule has 2 aromatic heterocycles. The summed E-state index contributed by atoms with van der Waals surface area (Å²) in [6.45, 7) is 1.51. The van der Waals surface area contributed by atoms with Crippen molar-refractivity contribution in [1.29, 1.82) is 0 Å². The fourth-order valence-electron chi connectivity index (χ4n) is 5.37. The number of piperidine rings is 1. The summed E-state index contributed by atoms with van der Waals surface area (Å²) in [6, 6.07) is 5.80. The molecule has 158 valence electrons. The van der Waals surface area contributed by atoms with Crippen LogP contribution in [0.1, 0.15) is 56.7 Å². The highest BCUT2D eigenvalue weighted by Crippen LogP contribution is 2.38. The summed E-state index contributed by atoms with van der Waals surface area (Å²) >= 11 is 0. The zero-order valence-electron chi connectivity index (χ0n) is 17.1. The maximum absolute atomic E-state index is 12.9. The molecule has 2 saturated heterocycles. The molecule has 0 bridgehead atoms. The highest BCUT2D eigenvalue weighted by molar-refractivity contribution is 6.05. The van der Waals surface area contributed by atoms with E-state index in [1.165, 1.54) is 4.90 Å². The quantitative estimate of drug-likeness (QED) is 0.721. The summed E-state index contributed by atoms with van der Waals surface area (Å²) in [7, 11) is 0. The first kappa shape index (κ1) is 19.2. The van der Waals surface area contributed by atoms with E-state index in [2.05, 4.69) is 10.2 Å². The number of carbonyl (C=O) groups excluding carboxylic acids is 3. The SMILES string of the molecule is O=C(CCN1C(=O)[C@H]2CCCC[C@H]2C1=O)N1CCC[C@@H](c2nnc3ccccn23)C1. The van der Waals surface area contributed by atoms with Crippen molar-refractivity contribution in [2.24, 2.45) is 11.8 Å². The van der Waals surface area contributed by atoms with Gasteiger partial charge in [0.1, 0.15) is 5.82 Å². The largest absolute Gasteiger partial charge is 0.342 e. The van der Waals surface area contributed by atoms with Gasteiger partial charge in [-0.25, -0.2) is 0 Å². The van der Waals surface area contributed by atoms with Gasteiger partial charge in [0, 0.05) is 38.2 Å². The predicted molar refractivity (Wildman–Crippen MR) is 108 cm³/mol. The average Bonchev–Trinajstić information content (AvgIpc) is 3.32. The van der Waals surface area contributed by atoms with Crippen LogP contribution in [0.3, 0.4) is 0 Å². The van der Waals surface area contributed by atoms with Crippen molar-refractivity contribution < 1.29 is 14.4 Å². The molecule has 30 heavy (non-hydrogen) atoms.